The summed E-state index contributed by atoms with van der Waals surface area (Å²) in [5, 5.41) is 14.8. The van der Waals surface area contributed by atoms with Gasteiger partial charge in [0.05, 0.1) is 6.61 Å². The lowest BCUT2D eigenvalue weighted by Gasteiger charge is -2.04. The third kappa shape index (κ3) is 5.93. The molecule has 0 spiro atoms. The van der Waals surface area contributed by atoms with Gasteiger partial charge in [-0.25, -0.2) is 0 Å². The molecular weight excluding hydrogens is 236 g/mol. The molecular formula is C16H22N2O. The first-order valence-electron chi connectivity index (χ1n) is 6.43. The van der Waals surface area contributed by atoms with Crippen LogP contribution in [0.1, 0.15) is 12.5 Å². The minimum absolute atomic E-state index is 0.143. The molecule has 0 saturated heterocycles. The Labute approximate surface area is 115 Å². The van der Waals surface area contributed by atoms with Crippen molar-refractivity contribution in [3.05, 3.63) is 59.8 Å². The van der Waals surface area contributed by atoms with E-state index in [1.54, 1.807) is 0 Å². The van der Waals surface area contributed by atoms with Crippen LogP contribution in [0.15, 0.2) is 54.3 Å². The van der Waals surface area contributed by atoms with Gasteiger partial charge in [0, 0.05) is 19.3 Å². The first-order chi connectivity index (χ1) is 9.30. The van der Waals surface area contributed by atoms with E-state index < -0.39 is 0 Å². The van der Waals surface area contributed by atoms with Crippen LogP contribution < -0.4 is 10.6 Å². The number of rotatable bonds is 7. The molecule has 0 atom stereocenters. The number of benzene rings is 1. The molecule has 3 N–H and O–H groups in total. The van der Waals surface area contributed by atoms with Crippen LogP contribution in [-0.4, -0.2) is 25.3 Å². The molecule has 19 heavy (non-hydrogen) atoms. The van der Waals surface area contributed by atoms with Gasteiger partial charge in [0.2, 0.25) is 0 Å². The monoisotopic (exact) mass is 258 g/mol. The zero-order valence-electron chi connectivity index (χ0n) is 11.6. The summed E-state index contributed by atoms with van der Waals surface area (Å²) in [5.74, 6) is 0. The van der Waals surface area contributed by atoms with Crippen molar-refractivity contribution in [2.24, 2.45) is 0 Å². The van der Waals surface area contributed by atoms with Crippen molar-refractivity contribution in [1.82, 2.24) is 5.32 Å². The zero-order valence-corrected chi connectivity index (χ0v) is 11.6. The Morgan fingerprint density at radius 3 is 2.53 bits per heavy atom. The van der Waals surface area contributed by atoms with Gasteiger partial charge in [-0.3, -0.25) is 0 Å². The van der Waals surface area contributed by atoms with Crippen LogP contribution in [0, 0.1) is 0 Å². The molecule has 1 aromatic carbocycles. The number of anilines is 1. The lowest BCUT2D eigenvalue weighted by atomic mass is 10.1. The number of aliphatic hydroxyl groups is 1. The van der Waals surface area contributed by atoms with E-state index in [1.165, 1.54) is 0 Å². The summed E-state index contributed by atoms with van der Waals surface area (Å²) < 4.78 is 0. The third-order valence-electron chi connectivity index (χ3n) is 2.60. The van der Waals surface area contributed by atoms with Gasteiger partial charge in [0.25, 0.3) is 0 Å². The highest BCUT2D eigenvalue weighted by atomic mass is 16.3. The van der Waals surface area contributed by atoms with Crippen LogP contribution in [0.2, 0.25) is 0 Å². The Balaban J connectivity index is 2.63. The molecule has 0 aliphatic carbocycles. The normalized spacial score (nSPS) is 12.3. The smallest absolute Gasteiger partial charge is 0.0604 e. The van der Waals surface area contributed by atoms with Gasteiger partial charge in [-0.15, -0.1) is 0 Å². The summed E-state index contributed by atoms with van der Waals surface area (Å²) in [6.45, 7) is 2.73. The maximum absolute atomic E-state index is 8.73. The molecule has 1 aromatic rings. The van der Waals surface area contributed by atoms with Crippen LogP contribution >= 0.6 is 0 Å². The number of hydrogen-bond donors (Lipinski definition) is 3. The Hall–Kier alpha value is -2.00. The summed E-state index contributed by atoms with van der Waals surface area (Å²) >= 11 is 0. The summed E-state index contributed by atoms with van der Waals surface area (Å²) in [5.41, 5.74) is 3.32. The average Bonchev–Trinajstić information content (AvgIpc) is 2.46. The van der Waals surface area contributed by atoms with Crippen molar-refractivity contribution in [2.45, 2.75) is 6.92 Å². The highest BCUT2D eigenvalue weighted by Gasteiger charge is 1.91. The fourth-order valence-electron chi connectivity index (χ4n) is 1.53. The second kappa shape index (κ2) is 9.00. The molecule has 1 rings (SSSR count). The summed E-state index contributed by atoms with van der Waals surface area (Å²) in [6, 6.07) is 8.11. The van der Waals surface area contributed by atoms with Gasteiger partial charge in [0.1, 0.15) is 0 Å². The Kier molecular flexibility index (Phi) is 7.13. The largest absolute Gasteiger partial charge is 0.395 e. The quantitative estimate of drug-likeness (QED) is 0.659. The van der Waals surface area contributed by atoms with E-state index in [4.69, 9.17) is 5.11 Å². The molecule has 0 radical (unpaired) electrons. The van der Waals surface area contributed by atoms with Crippen LogP contribution in [-0.2, 0) is 0 Å². The predicted molar refractivity (Wildman–Crippen MR) is 83.0 cm³/mol. The van der Waals surface area contributed by atoms with Crippen molar-refractivity contribution >= 4 is 11.8 Å². The molecule has 3 nitrogen and oxygen atoms in total. The maximum atomic E-state index is 8.73. The Morgan fingerprint density at radius 2 is 1.95 bits per heavy atom. The number of nitrogens with one attached hydrogen (secondary N) is 2. The van der Waals surface area contributed by atoms with Crippen LogP contribution in [0.25, 0.3) is 6.08 Å². The molecule has 0 fully saturated rings. The lowest BCUT2D eigenvalue weighted by Crippen LogP contribution is -2.04. The molecule has 0 unspecified atom stereocenters. The topological polar surface area (TPSA) is 44.3 Å². The molecule has 0 heterocycles. The second-order valence-electron chi connectivity index (χ2n) is 4.02. The van der Waals surface area contributed by atoms with Crippen LogP contribution in [0.5, 0.6) is 0 Å². The molecule has 0 aromatic heterocycles. The van der Waals surface area contributed by atoms with E-state index in [1.807, 2.05) is 50.5 Å². The molecule has 0 aliphatic heterocycles. The Bertz CT molecular complexity index is 444. The van der Waals surface area contributed by atoms with E-state index in [0.29, 0.717) is 6.54 Å². The average molecular weight is 258 g/mol. The SMILES string of the molecule is C/C=C(\C=C/NC)/C=C/c1ccc(NCCO)cc1. The lowest BCUT2D eigenvalue weighted by molar-refractivity contribution is 0.311. The minimum Gasteiger partial charge on any atom is -0.395 e. The molecule has 102 valence electrons. The number of allylic oxidation sites excluding steroid dienone is 4. The van der Waals surface area contributed by atoms with Gasteiger partial charge in [-0.1, -0.05) is 30.4 Å². The van der Waals surface area contributed by atoms with Crippen molar-refractivity contribution in [3.63, 3.8) is 0 Å². The number of hydrogen-bond acceptors (Lipinski definition) is 3. The van der Waals surface area contributed by atoms with Crippen molar-refractivity contribution in [2.75, 3.05) is 25.5 Å². The summed E-state index contributed by atoms with van der Waals surface area (Å²) in [4.78, 5) is 0. The van der Waals surface area contributed by atoms with Crippen LogP contribution in [0.4, 0.5) is 5.69 Å². The fraction of sp³-hybridized carbons (Fsp3) is 0.250. The van der Waals surface area contributed by atoms with Crippen LogP contribution in [0.3, 0.4) is 0 Å². The van der Waals surface area contributed by atoms with Gasteiger partial charge in [-0.2, -0.15) is 0 Å². The molecule has 0 saturated carbocycles. The highest BCUT2D eigenvalue weighted by Crippen LogP contribution is 2.11. The first-order valence-corrected chi connectivity index (χ1v) is 6.43. The molecule has 0 bridgehead atoms. The van der Waals surface area contributed by atoms with Gasteiger partial charge in [-0.05, 0) is 42.5 Å². The summed E-state index contributed by atoms with van der Waals surface area (Å²) in [6.07, 6.45) is 10.1. The standard InChI is InChI=1S/C16H22N2O/c1-3-14(10-11-17-2)4-5-15-6-8-16(9-7-15)18-12-13-19/h3-11,17-19H,12-13H2,1-2H3/b5-4+,11-10-,14-3-. The molecule has 3 heteroatoms. The first kappa shape index (κ1) is 15.1. The van der Waals surface area contributed by atoms with E-state index >= 15 is 0 Å². The second-order valence-corrected chi connectivity index (χ2v) is 4.02. The maximum Gasteiger partial charge on any atom is 0.0604 e. The molecule has 0 aliphatic rings. The number of aliphatic hydroxyl groups excluding tert-OH is 1. The fourth-order valence-corrected chi connectivity index (χ4v) is 1.53. The molecule has 0 amide bonds. The van der Waals surface area contributed by atoms with Gasteiger partial charge >= 0.3 is 0 Å². The summed E-state index contributed by atoms with van der Waals surface area (Å²) in [7, 11) is 1.88. The van der Waals surface area contributed by atoms with Gasteiger partial charge < -0.3 is 15.7 Å². The zero-order chi connectivity index (χ0) is 13.9. The van der Waals surface area contributed by atoms with E-state index in [-0.39, 0.29) is 6.61 Å². The van der Waals surface area contributed by atoms with E-state index in [2.05, 4.69) is 28.9 Å². The van der Waals surface area contributed by atoms with Crippen molar-refractivity contribution in [3.8, 4) is 0 Å². The highest BCUT2D eigenvalue weighted by molar-refractivity contribution is 5.58. The minimum atomic E-state index is 0.143. The third-order valence-corrected chi connectivity index (χ3v) is 2.60. The van der Waals surface area contributed by atoms with E-state index in [0.717, 1.165) is 16.8 Å². The van der Waals surface area contributed by atoms with Crippen molar-refractivity contribution in [1.29, 1.82) is 0 Å². The van der Waals surface area contributed by atoms with E-state index in [9.17, 15) is 0 Å². The van der Waals surface area contributed by atoms with Gasteiger partial charge in [0.15, 0.2) is 0 Å². The predicted octanol–water partition coefficient (Wildman–Crippen LogP) is 2.78. The van der Waals surface area contributed by atoms with Crippen molar-refractivity contribution < 1.29 is 5.11 Å². The Morgan fingerprint density at radius 1 is 1.21 bits per heavy atom.